The van der Waals surface area contributed by atoms with Gasteiger partial charge < -0.3 is 4.74 Å². The van der Waals surface area contributed by atoms with Gasteiger partial charge in [-0.05, 0) is 63.2 Å². The molecule has 1 heterocycles. The number of carbonyl (C=O) groups excluding carboxylic acids is 1. The summed E-state index contributed by atoms with van der Waals surface area (Å²) in [4.78, 5) is 19.2. The molecule has 0 unspecified atom stereocenters. The molecular formula is C17H22N2O2S. The van der Waals surface area contributed by atoms with Crippen LogP contribution in [0.15, 0.2) is 34.2 Å². The Kier molecular flexibility index (Phi) is 5.66. The monoisotopic (exact) mass is 318 g/mol. The lowest BCUT2D eigenvalue weighted by atomic mass is 10.2. The van der Waals surface area contributed by atoms with Crippen molar-refractivity contribution in [3.8, 4) is 5.75 Å². The molecule has 118 valence electrons. The number of nitrogens with zero attached hydrogens (tertiary/aromatic N) is 2. The molecule has 1 fully saturated rings. The standard InChI is InChI=1S/C17H22N2O2S/c1-5-18-17-19(6-2)16(20)15(22-17)11-13-7-9-14(10-8-13)21-12(3)4/h7-12H,5-6H2,1-4H3/b15-11+,18-17?. The van der Waals surface area contributed by atoms with E-state index in [1.165, 1.54) is 11.8 Å². The summed E-state index contributed by atoms with van der Waals surface area (Å²) in [6, 6.07) is 7.78. The lowest BCUT2D eigenvalue weighted by Gasteiger charge is -2.11. The molecule has 0 saturated carbocycles. The molecule has 1 amide bonds. The Morgan fingerprint density at radius 3 is 2.50 bits per heavy atom. The van der Waals surface area contributed by atoms with E-state index in [1.54, 1.807) is 4.90 Å². The van der Waals surface area contributed by atoms with Crippen molar-refractivity contribution in [3.63, 3.8) is 0 Å². The molecule has 0 spiro atoms. The predicted molar refractivity (Wildman–Crippen MR) is 93.1 cm³/mol. The van der Waals surface area contributed by atoms with Crippen LogP contribution in [0.4, 0.5) is 0 Å². The Hall–Kier alpha value is -1.75. The molecule has 5 heteroatoms. The molecule has 0 radical (unpaired) electrons. The first kappa shape index (κ1) is 16.6. The van der Waals surface area contributed by atoms with Gasteiger partial charge in [-0.25, -0.2) is 0 Å². The second kappa shape index (κ2) is 7.49. The number of amidine groups is 1. The summed E-state index contributed by atoms with van der Waals surface area (Å²) in [6.07, 6.45) is 2.06. The Morgan fingerprint density at radius 1 is 1.27 bits per heavy atom. The van der Waals surface area contributed by atoms with Gasteiger partial charge in [-0.3, -0.25) is 14.7 Å². The van der Waals surface area contributed by atoms with E-state index in [4.69, 9.17) is 4.74 Å². The van der Waals surface area contributed by atoms with Gasteiger partial charge in [0.2, 0.25) is 0 Å². The molecule has 0 atom stereocenters. The molecule has 0 aliphatic carbocycles. The number of thioether (sulfide) groups is 1. The fraction of sp³-hybridized carbons (Fsp3) is 0.412. The number of hydrogen-bond acceptors (Lipinski definition) is 4. The Bertz CT molecular complexity index is 591. The van der Waals surface area contributed by atoms with Crippen molar-refractivity contribution >= 4 is 28.9 Å². The quantitative estimate of drug-likeness (QED) is 0.776. The molecule has 1 aliphatic heterocycles. The van der Waals surface area contributed by atoms with E-state index in [0.717, 1.165) is 16.5 Å². The van der Waals surface area contributed by atoms with Crippen molar-refractivity contribution in [1.82, 2.24) is 4.90 Å². The van der Waals surface area contributed by atoms with Gasteiger partial charge in [-0.2, -0.15) is 0 Å². The first-order valence-corrected chi connectivity index (χ1v) is 8.39. The van der Waals surface area contributed by atoms with Gasteiger partial charge in [-0.15, -0.1) is 0 Å². The van der Waals surface area contributed by atoms with E-state index in [0.29, 0.717) is 18.0 Å². The number of amides is 1. The lowest BCUT2D eigenvalue weighted by molar-refractivity contribution is -0.122. The molecule has 1 aromatic rings. The summed E-state index contributed by atoms with van der Waals surface area (Å²) in [5.41, 5.74) is 0.987. The van der Waals surface area contributed by atoms with E-state index >= 15 is 0 Å². The maximum absolute atomic E-state index is 12.4. The number of benzene rings is 1. The number of ether oxygens (including phenoxy) is 1. The van der Waals surface area contributed by atoms with Gasteiger partial charge in [0.1, 0.15) is 5.75 Å². The minimum absolute atomic E-state index is 0.0298. The van der Waals surface area contributed by atoms with Crippen LogP contribution in [0.3, 0.4) is 0 Å². The molecule has 0 aromatic heterocycles. The lowest BCUT2D eigenvalue weighted by Crippen LogP contribution is -2.28. The van der Waals surface area contributed by atoms with Gasteiger partial charge in [-0.1, -0.05) is 12.1 Å². The molecule has 1 saturated heterocycles. The Morgan fingerprint density at radius 2 is 1.95 bits per heavy atom. The Labute approximate surface area is 136 Å². The number of aliphatic imine (C=N–C) groups is 1. The topological polar surface area (TPSA) is 41.9 Å². The van der Waals surface area contributed by atoms with Crippen molar-refractivity contribution in [1.29, 1.82) is 0 Å². The van der Waals surface area contributed by atoms with Crippen molar-refractivity contribution in [2.24, 2.45) is 4.99 Å². The maximum atomic E-state index is 12.4. The average Bonchev–Trinajstić information content (AvgIpc) is 2.76. The average molecular weight is 318 g/mol. The molecule has 0 bridgehead atoms. The van der Waals surface area contributed by atoms with E-state index in [1.807, 2.05) is 58.0 Å². The molecule has 2 rings (SSSR count). The summed E-state index contributed by atoms with van der Waals surface area (Å²) >= 11 is 1.44. The van der Waals surface area contributed by atoms with Crippen LogP contribution in [-0.4, -0.2) is 35.2 Å². The van der Waals surface area contributed by atoms with Gasteiger partial charge >= 0.3 is 0 Å². The van der Waals surface area contributed by atoms with E-state index in [-0.39, 0.29) is 12.0 Å². The van der Waals surface area contributed by atoms with Crippen molar-refractivity contribution in [2.45, 2.75) is 33.8 Å². The highest BCUT2D eigenvalue weighted by Crippen LogP contribution is 2.32. The van der Waals surface area contributed by atoms with Gasteiger partial charge in [0.25, 0.3) is 5.91 Å². The summed E-state index contributed by atoms with van der Waals surface area (Å²) < 4.78 is 5.62. The highest BCUT2D eigenvalue weighted by atomic mass is 32.2. The van der Waals surface area contributed by atoms with Gasteiger partial charge in [0.05, 0.1) is 11.0 Å². The van der Waals surface area contributed by atoms with Crippen molar-refractivity contribution < 1.29 is 9.53 Å². The number of rotatable bonds is 5. The summed E-state index contributed by atoms with van der Waals surface area (Å²) in [5, 5.41) is 0.793. The molecule has 1 aromatic carbocycles. The first-order chi connectivity index (χ1) is 10.5. The highest BCUT2D eigenvalue weighted by molar-refractivity contribution is 8.18. The van der Waals surface area contributed by atoms with Crippen molar-refractivity contribution in [2.75, 3.05) is 13.1 Å². The smallest absolute Gasteiger partial charge is 0.266 e. The fourth-order valence-electron chi connectivity index (χ4n) is 2.11. The van der Waals surface area contributed by atoms with Crippen LogP contribution in [0.2, 0.25) is 0 Å². The second-order valence-corrected chi connectivity index (χ2v) is 6.16. The number of hydrogen-bond donors (Lipinski definition) is 0. The zero-order valence-corrected chi connectivity index (χ0v) is 14.3. The molecule has 22 heavy (non-hydrogen) atoms. The third kappa shape index (κ3) is 3.91. The third-order valence-corrected chi connectivity index (χ3v) is 4.09. The molecular weight excluding hydrogens is 296 g/mol. The number of likely N-dealkylation sites (N-methyl/N-ethyl adjacent to an activating group) is 1. The van der Waals surface area contributed by atoms with E-state index in [9.17, 15) is 4.79 Å². The van der Waals surface area contributed by atoms with Crippen LogP contribution in [0, 0.1) is 0 Å². The largest absolute Gasteiger partial charge is 0.491 e. The zero-order chi connectivity index (χ0) is 16.1. The molecule has 1 aliphatic rings. The minimum atomic E-state index is 0.0298. The fourth-order valence-corrected chi connectivity index (χ4v) is 3.21. The molecule has 0 N–H and O–H groups in total. The predicted octanol–water partition coefficient (Wildman–Crippen LogP) is 3.79. The van der Waals surface area contributed by atoms with Crippen LogP contribution in [-0.2, 0) is 4.79 Å². The van der Waals surface area contributed by atoms with E-state index in [2.05, 4.69) is 4.99 Å². The summed E-state index contributed by atoms with van der Waals surface area (Å²) in [7, 11) is 0. The first-order valence-electron chi connectivity index (χ1n) is 7.57. The van der Waals surface area contributed by atoms with Crippen LogP contribution in [0.25, 0.3) is 6.08 Å². The van der Waals surface area contributed by atoms with Crippen LogP contribution >= 0.6 is 11.8 Å². The third-order valence-electron chi connectivity index (χ3n) is 3.05. The normalized spacial score (nSPS) is 18.8. The SMILES string of the molecule is CCN=C1S/C(=C/c2ccc(OC(C)C)cc2)C(=O)N1CC. The van der Waals surface area contributed by atoms with Crippen LogP contribution in [0.5, 0.6) is 5.75 Å². The number of carbonyl (C=O) groups is 1. The maximum Gasteiger partial charge on any atom is 0.266 e. The van der Waals surface area contributed by atoms with Crippen LogP contribution in [0.1, 0.15) is 33.3 Å². The van der Waals surface area contributed by atoms with Crippen LogP contribution < -0.4 is 4.74 Å². The second-order valence-electron chi connectivity index (χ2n) is 5.15. The van der Waals surface area contributed by atoms with E-state index < -0.39 is 0 Å². The summed E-state index contributed by atoms with van der Waals surface area (Å²) in [5.74, 6) is 0.869. The summed E-state index contributed by atoms with van der Waals surface area (Å²) in [6.45, 7) is 9.25. The molecule has 4 nitrogen and oxygen atoms in total. The van der Waals surface area contributed by atoms with Crippen molar-refractivity contribution in [3.05, 3.63) is 34.7 Å². The Balaban J connectivity index is 2.19. The van der Waals surface area contributed by atoms with Gasteiger partial charge in [0, 0.05) is 13.1 Å². The minimum Gasteiger partial charge on any atom is -0.491 e. The van der Waals surface area contributed by atoms with Gasteiger partial charge in [0.15, 0.2) is 5.17 Å². The highest BCUT2D eigenvalue weighted by Gasteiger charge is 2.31. The zero-order valence-electron chi connectivity index (χ0n) is 13.5.